The fourth-order valence-electron chi connectivity index (χ4n) is 2.57. The first-order chi connectivity index (χ1) is 10.8. The standard InChI is InChI=1S/C12H22O11.H2O/c13-1-3-5(15)6(16)9(19)12(22-3)23-10-4(2-14)21-11(20)8(18)7(10)17;/h3-20H,1-2H2;1H2/t3-,4-,5-,6+,7-,8-,9-,10-,11+,12-;/m1./s1/i1+1,2+1,3+1,4+1,5+1,6+1,7+1,8+1,9+1,10+1,11+1,12+1;. The van der Waals surface area contributed by atoms with E-state index in [0.717, 1.165) is 0 Å². The molecule has 0 aromatic rings. The van der Waals surface area contributed by atoms with Gasteiger partial charge < -0.3 is 60.5 Å². The van der Waals surface area contributed by atoms with Crippen molar-refractivity contribution in [3.05, 3.63) is 0 Å². The number of rotatable bonds is 4. The molecule has 0 bridgehead atoms. The lowest BCUT2D eigenvalue weighted by Gasteiger charge is -2.45. The highest BCUT2D eigenvalue weighted by Crippen LogP contribution is 2.28. The van der Waals surface area contributed by atoms with Crippen LogP contribution in [0.1, 0.15) is 0 Å². The normalized spacial score (nSPS) is 49.5. The van der Waals surface area contributed by atoms with Crippen molar-refractivity contribution in [1.82, 2.24) is 0 Å². The summed E-state index contributed by atoms with van der Waals surface area (Å²) in [6, 6.07) is 0. The third kappa shape index (κ3) is 4.01. The Labute approximate surface area is 136 Å². The van der Waals surface area contributed by atoms with E-state index in [1.54, 1.807) is 0 Å². The molecule has 0 spiro atoms. The zero-order chi connectivity index (χ0) is 17.3. The van der Waals surface area contributed by atoms with Crippen LogP contribution in [0.25, 0.3) is 0 Å². The minimum absolute atomic E-state index is 0. The van der Waals surface area contributed by atoms with E-state index in [0.29, 0.717) is 0 Å². The summed E-state index contributed by atoms with van der Waals surface area (Å²) in [6.07, 6.45) is -15.6. The lowest BCUT2D eigenvalue weighted by molar-refractivity contribution is -0.355. The van der Waals surface area contributed by atoms with E-state index in [4.69, 9.17) is 19.3 Å². The Hall–Kier alpha value is -0.480. The first kappa shape index (κ1) is 21.6. The van der Waals surface area contributed by atoms with Crippen molar-refractivity contribution >= 4 is 0 Å². The molecule has 2 heterocycles. The van der Waals surface area contributed by atoms with E-state index in [9.17, 15) is 35.7 Å². The van der Waals surface area contributed by atoms with Crippen LogP contribution in [0.15, 0.2) is 0 Å². The number of aliphatic hydroxyl groups excluding tert-OH is 8. The molecule has 0 aliphatic carbocycles. The smallest absolute Gasteiger partial charge is 0.187 e. The van der Waals surface area contributed by atoms with Crippen molar-refractivity contribution in [3.8, 4) is 0 Å². The van der Waals surface area contributed by atoms with Crippen LogP contribution in [0, 0.1) is 0 Å². The number of aliphatic hydroxyl groups is 8. The van der Waals surface area contributed by atoms with Crippen molar-refractivity contribution in [2.75, 3.05) is 13.2 Å². The fraction of sp³-hybridized carbons (Fsp3) is 1.00. The summed E-state index contributed by atoms with van der Waals surface area (Å²) in [5.41, 5.74) is 0. The van der Waals surface area contributed by atoms with E-state index in [1.807, 2.05) is 0 Å². The second-order valence-corrected chi connectivity index (χ2v) is 5.53. The maximum Gasteiger partial charge on any atom is 0.187 e. The molecule has 0 radical (unpaired) electrons. The Morgan fingerprint density at radius 1 is 0.667 bits per heavy atom. The van der Waals surface area contributed by atoms with Crippen LogP contribution < -0.4 is 0 Å². The molecule has 12 heteroatoms. The molecule has 2 saturated heterocycles. The SMILES string of the molecule is O.O[13CH2][13C@H]1O[13C@H](O[13C@H]2[13C@H](O)[13C@@H](O)[13C@@H](O)O[13C@@H]2[13CH2]O)[13C@H](O)[13C@@H](O)[13C@@H]1O. The van der Waals surface area contributed by atoms with E-state index in [-0.39, 0.29) is 5.48 Å². The molecule has 2 rings (SSSR count). The minimum Gasteiger partial charge on any atom is -0.412 e. The highest BCUT2D eigenvalue weighted by molar-refractivity contribution is 4.93. The van der Waals surface area contributed by atoms with Crippen LogP contribution in [0.5, 0.6) is 0 Å². The summed E-state index contributed by atoms with van der Waals surface area (Å²) in [4.78, 5) is 0. The van der Waals surface area contributed by atoms with Gasteiger partial charge in [0.05, 0.1) is 13.2 Å². The van der Waals surface area contributed by atoms with Gasteiger partial charge in [0.1, 0.15) is 48.8 Å². The third-order valence-electron chi connectivity index (χ3n) is 3.98. The van der Waals surface area contributed by atoms with Gasteiger partial charge in [0.15, 0.2) is 12.6 Å². The Kier molecular flexibility index (Phi) is 7.86. The van der Waals surface area contributed by atoms with Crippen molar-refractivity contribution in [1.29, 1.82) is 0 Å². The summed E-state index contributed by atoms with van der Waals surface area (Å²) >= 11 is 0. The zero-order valence-electron chi connectivity index (χ0n) is 12.5. The summed E-state index contributed by atoms with van der Waals surface area (Å²) < 4.78 is 15.3. The molecule has 12 nitrogen and oxygen atoms in total. The van der Waals surface area contributed by atoms with Crippen LogP contribution in [-0.2, 0) is 14.2 Å². The van der Waals surface area contributed by atoms with Crippen molar-refractivity contribution in [2.45, 2.75) is 61.4 Å². The molecular formula is C12H24O12. The van der Waals surface area contributed by atoms with E-state index in [1.165, 1.54) is 0 Å². The molecule has 10 N–H and O–H groups in total. The molecule has 24 heavy (non-hydrogen) atoms. The van der Waals surface area contributed by atoms with Gasteiger partial charge in [-0.1, -0.05) is 0 Å². The second kappa shape index (κ2) is 8.75. The largest absolute Gasteiger partial charge is 0.412 e. The van der Waals surface area contributed by atoms with Crippen molar-refractivity contribution in [3.63, 3.8) is 0 Å². The highest BCUT2D eigenvalue weighted by atomic mass is 16.9. The average Bonchev–Trinajstić information content (AvgIpc) is 2.55. The van der Waals surface area contributed by atoms with Crippen LogP contribution in [-0.4, -0.2) is 121 Å². The number of hydrogen-bond donors (Lipinski definition) is 8. The monoisotopic (exact) mass is 372 g/mol. The fourth-order valence-corrected chi connectivity index (χ4v) is 2.57. The molecule has 2 aliphatic heterocycles. The predicted octanol–water partition coefficient (Wildman–Crippen LogP) is -6.22. The maximum atomic E-state index is 9.94. The zero-order valence-corrected chi connectivity index (χ0v) is 12.5. The van der Waals surface area contributed by atoms with Gasteiger partial charge in [-0.2, -0.15) is 0 Å². The Balaban J connectivity index is 0.00000288. The molecular weight excluding hydrogens is 348 g/mol. The van der Waals surface area contributed by atoms with Gasteiger partial charge in [0, 0.05) is 0 Å². The lowest BCUT2D eigenvalue weighted by atomic mass is 10.9. The van der Waals surface area contributed by atoms with Crippen molar-refractivity contribution in [2.24, 2.45) is 0 Å². The van der Waals surface area contributed by atoms with Gasteiger partial charge in [0.2, 0.25) is 0 Å². The molecule has 0 saturated carbocycles. The highest BCUT2D eigenvalue weighted by Gasteiger charge is 2.50. The predicted molar refractivity (Wildman–Crippen MR) is 72.2 cm³/mol. The van der Waals surface area contributed by atoms with Gasteiger partial charge in [-0.25, -0.2) is 0 Å². The first-order valence-corrected chi connectivity index (χ1v) is 7.08. The van der Waals surface area contributed by atoms with Gasteiger partial charge in [0.25, 0.3) is 0 Å². The number of ether oxygens (including phenoxy) is 3. The van der Waals surface area contributed by atoms with Crippen LogP contribution in [0.3, 0.4) is 0 Å². The molecule has 2 aliphatic rings. The van der Waals surface area contributed by atoms with Crippen LogP contribution in [0.4, 0.5) is 0 Å². The summed E-state index contributed by atoms with van der Waals surface area (Å²) in [5.74, 6) is 0. The molecule has 144 valence electrons. The molecule has 0 aromatic carbocycles. The summed E-state index contributed by atoms with van der Waals surface area (Å²) in [5, 5.41) is 76.5. The van der Waals surface area contributed by atoms with Crippen LogP contribution in [0.2, 0.25) is 0 Å². The number of hydrogen-bond acceptors (Lipinski definition) is 11. The third-order valence-corrected chi connectivity index (χ3v) is 3.98. The quantitative estimate of drug-likeness (QED) is 0.217. The topological polar surface area (TPSA) is 221 Å². The molecule has 0 aromatic heterocycles. The maximum absolute atomic E-state index is 9.94. The van der Waals surface area contributed by atoms with Gasteiger partial charge in [-0.3, -0.25) is 0 Å². The Morgan fingerprint density at radius 3 is 1.79 bits per heavy atom. The summed E-state index contributed by atoms with van der Waals surface area (Å²) in [7, 11) is 0. The molecule has 10 atom stereocenters. The van der Waals surface area contributed by atoms with E-state index >= 15 is 0 Å². The second-order valence-electron chi connectivity index (χ2n) is 5.53. The van der Waals surface area contributed by atoms with Gasteiger partial charge in [-0.15, -0.1) is 0 Å². The average molecular weight is 372 g/mol. The van der Waals surface area contributed by atoms with Gasteiger partial charge in [-0.05, 0) is 0 Å². The lowest BCUT2D eigenvalue weighted by Crippen LogP contribution is -2.64. The van der Waals surface area contributed by atoms with Gasteiger partial charge >= 0.3 is 0 Å². The molecule has 2 fully saturated rings. The molecule has 0 amide bonds. The Bertz CT molecular complexity index is 379. The van der Waals surface area contributed by atoms with Crippen molar-refractivity contribution < 1.29 is 60.5 Å². The minimum atomic E-state index is -1.74. The van der Waals surface area contributed by atoms with E-state index < -0.39 is 74.6 Å². The summed E-state index contributed by atoms with van der Waals surface area (Å²) in [6.45, 7) is -1.35. The van der Waals surface area contributed by atoms with Crippen LogP contribution >= 0.6 is 0 Å². The molecule has 0 unspecified atom stereocenters. The Morgan fingerprint density at radius 2 is 1.25 bits per heavy atom. The van der Waals surface area contributed by atoms with E-state index in [2.05, 4.69) is 0 Å². The first-order valence-electron chi connectivity index (χ1n) is 7.08.